The highest BCUT2D eigenvalue weighted by Crippen LogP contribution is 2.31. The highest BCUT2D eigenvalue weighted by Gasteiger charge is 2.35. The summed E-state index contributed by atoms with van der Waals surface area (Å²) < 4.78 is 6.74. The van der Waals surface area contributed by atoms with E-state index >= 15 is 0 Å². The fourth-order valence-corrected chi connectivity index (χ4v) is 4.80. The molecule has 1 aromatic heterocycles. The van der Waals surface area contributed by atoms with Crippen LogP contribution in [0.25, 0.3) is 5.69 Å². The molecule has 3 heterocycles. The standard InChI is InChI=1S/C25H25ClN4O3/c1-3-33-25(32)22-21-10-12-29(19-8-7-16-9-11-28(2)15-17(16)13-19)24(31)23(21)30(27-22)20-6-4-5-18(26)14-20/h4-8,13-14H,3,9-12,15H2,1-2H3. The van der Waals surface area contributed by atoms with E-state index in [0.717, 1.165) is 25.2 Å². The van der Waals surface area contributed by atoms with E-state index in [1.165, 1.54) is 15.8 Å². The molecular weight excluding hydrogens is 440 g/mol. The van der Waals surface area contributed by atoms with Gasteiger partial charge in [0.25, 0.3) is 5.91 Å². The maximum Gasteiger partial charge on any atom is 0.359 e. The second kappa shape index (κ2) is 8.65. The van der Waals surface area contributed by atoms with E-state index in [2.05, 4.69) is 29.2 Å². The van der Waals surface area contributed by atoms with Crippen molar-refractivity contribution in [2.75, 3.05) is 31.6 Å². The summed E-state index contributed by atoms with van der Waals surface area (Å²) in [6.45, 7) is 4.35. The Labute approximate surface area is 197 Å². The fourth-order valence-electron chi connectivity index (χ4n) is 4.62. The monoisotopic (exact) mass is 464 g/mol. The molecule has 0 radical (unpaired) electrons. The van der Waals surface area contributed by atoms with Crippen LogP contribution < -0.4 is 4.90 Å². The van der Waals surface area contributed by atoms with E-state index in [1.54, 1.807) is 30.0 Å². The van der Waals surface area contributed by atoms with Crippen LogP contribution in [0, 0.1) is 0 Å². The minimum atomic E-state index is -0.521. The first-order valence-electron chi connectivity index (χ1n) is 11.1. The number of rotatable bonds is 4. The Morgan fingerprint density at radius 2 is 1.94 bits per heavy atom. The van der Waals surface area contributed by atoms with Crippen LogP contribution in [0.15, 0.2) is 42.5 Å². The number of likely N-dealkylation sites (N-methyl/N-ethyl adjacent to an activating group) is 1. The van der Waals surface area contributed by atoms with Gasteiger partial charge in [-0.1, -0.05) is 23.7 Å². The molecule has 3 aromatic rings. The summed E-state index contributed by atoms with van der Waals surface area (Å²) in [6, 6.07) is 13.3. The van der Waals surface area contributed by atoms with Crippen LogP contribution in [0.5, 0.6) is 0 Å². The normalized spacial score (nSPS) is 15.8. The average Bonchev–Trinajstić information content (AvgIpc) is 3.20. The number of amides is 1. The van der Waals surface area contributed by atoms with E-state index in [0.29, 0.717) is 34.9 Å². The topological polar surface area (TPSA) is 67.7 Å². The van der Waals surface area contributed by atoms with Crippen LogP contribution in [0.1, 0.15) is 44.6 Å². The molecule has 7 nitrogen and oxygen atoms in total. The first-order chi connectivity index (χ1) is 16.0. The van der Waals surface area contributed by atoms with Gasteiger partial charge in [-0.15, -0.1) is 0 Å². The SMILES string of the molecule is CCOC(=O)c1nn(-c2cccc(Cl)c2)c2c1CCN(c1ccc3c(c1)CN(C)CC3)C2=O. The third kappa shape index (κ3) is 3.92. The van der Waals surface area contributed by atoms with Crippen LogP contribution >= 0.6 is 11.6 Å². The lowest BCUT2D eigenvalue weighted by Crippen LogP contribution is -2.39. The Balaban J connectivity index is 1.59. The zero-order valence-corrected chi connectivity index (χ0v) is 19.4. The Morgan fingerprint density at radius 3 is 2.73 bits per heavy atom. The van der Waals surface area contributed by atoms with Crippen molar-refractivity contribution in [2.24, 2.45) is 0 Å². The highest BCUT2D eigenvalue weighted by atomic mass is 35.5. The molecule has 8 heteroatoms. The molecule has 1 amide bonds. The number of carbonyl (C=O) groups is 2. The molecule has 2 aliphatic heterocycles. The first-order valence-corrected chi connectivity index (χ1v) is 11.5. The van der Waals surface area contributed by atoms with Crippen molar-refractivity contribution < 1.29 is 14.3 Å². The summed E-state index contributed by atoms with van der Waals surface area (Å²) in [6.07, 6.45) is 1.52. The number of benzene rings is 2. The number of fused-ring (bicyclic) bond motifs is 2. The molecule has 0 N–H and O–H groups in total. The van der Waals surface area contributed by atoms with Gasteiger partial charge in [0.1, 0.15) is 5.69 Å². The second-order valence-corrected chi connectivity index (χ2v) is 8.87. The third-order valence-corrected chi connectivity index (χ3v) is 6.48. The molecule has 0 spiro atoms. The molecule has 2 aromatic carbocycles. The largest absolute Gasteiger partial charge is 0.461 e. The lowest BCUT2D eigenvalue weighted by atomic mass is 9.97. The first kappa shape index (κ1) is 21.7. The third-order valence-electron chi connectivity index (χ3n) is 6.24. The van der Waals surface area contributed by atoms with Gasteiger partial charge >= 0.3 is 5.97 Å². The predicted octanol–water partition coefficient (Wildman–Crippen LogP) is 3.89. The zero-order chi connectivity index (χ0) is 23.1. The van der Waals surface area contributed by atoms with Gasteiger partial charge in [0.05, 0.1) is 12.3 Å². The van der Waals surface area contributed by atoms with Gasteiger partial charge in [0.15, 0.2) is 5.69 Å². The smallest absolute Gasteiger partial charge is 0.359 e. The predicted molar refractivity (Wildman–Crippen MR) is 126 cm³/mol. The lowest BCUT2D eigenvalue weighted by molar-refractivity contribution is 0.0517. The van der Waals surface area contributed by atoms with Gasteiger partial charge in [-0.2, -0.15) is 5.10 Å². The van der Waals surface area contributed by atoms with E-state index in [9.17, 15) is 9.59 Å². The summed E-state index contributed by atoms with van der Waals surface area (Å²) in [5, 5.41) is 5.03. The minimum Gasteiger partial charge on any atom is -0.461 e. The van der Waals surface area contributed by atoms with E-state index in [-0.39, 0.29) is 18.2 Å². The molecular formula is C25H25ClN4O3. The fraction of sp³-hybridized carbons (Fsp3) is 0.320. The van der Waals surface area contributed by atoms with Gasteiger partial charge in [0, 0.05) is 35.9 Å². The van der Waals surface area contributed by atoms with Gasteiger partial charge in [0.2, 0.25) is 0 Å². The lowest BCUT2D eigenvalue weighted by Gasteiger charge is -2.30. The maximum atomic E-state index is 13.8. The Hall–Kier alpha value is -3.16. The van der Waals surface area contributed by atoms with E-state index < -0.39 is 5.97 Å². The number of nitrogens with zero attached hydrogens (tertiary/aromatic N) is 4. The molecule has 0 aliphatic carbocycles. The summed E-state index contributed by atoms with van der Waals surface area (Å²) >= 11 is 6.21. The molecule has 2 aliphatic rings. The number of halogens is 1. The van der Waals surface area contributed by atoms with Crippen LogP contribution in [0.2, 0.25) is 5.02 Å². The molecule has 0 atom stereocenters. The van der Waals surface area contributed by atoms with Crippen LogP contribution in [0.3, 0.4) is 0 Å². The van der Waals surface area contributed by atoms with Gasteiger partial charge in [-0.05, 0) is 68.3 Å². The molecule has 0 saturated heterocycles. The van der Waals surface area contributed by atoms with Crippen molar-refractivity contribution >= 4 is 29.2 Å². The molecule has 5 rings (SSSR count). The number of hydrogen-bond donors (Lipinski definition) is 0. The van der Waals surface area contributed by atoms with Gasteiger partial charge < -0.3 is 14.5 Å². The second-order valence-electron chi connectivity index (χ2n) is 8.44. The number of hydrogen-bond acceptors (Lipinski definition) is 5. The molecule has 33 heavy (non-hydrogen) atoms. The summed E-state index contributed by atoms with van der Waals surface area (Å²) in [5.74, 6) is -0.712. The molecule has 0 saturated carbocycles. The molecule has 0 unspecified atom stereocenters. The van der Waals surface area contributed by atoms with Crippen molar-refractivity contribution in [1.82, 2.24) is 14.7 Å². The van der Waals surface area contributed by atoms with Crippen LogP contribution in [0.4, 0.5) is 5.69 Å². The number of anilines is 1. The van der Waals surface area contributed by atoms with E-state index in [4.69, 9.17) is 16.3 Å². The number of aromatic nitrogens is 2. The van der Waals surface area contributed by atoms with E-state index in [1.807, 2.05) is 12.1 Å². The van der Waals surface area contributed by atoms with Gasteiger partial charge in [-0.3, -0.25) is 4.79 Å². The van der Waals surface area contributed by atoms with Crippen molar-refractivity contribution in [3.63, 3.8) is 0 Å². The average molecular weight is 465 g/mol. The number of esters is 1. The van der Waals surface area contributed by atoms with Crippen LogP contribution in [-0.2, 0) is 24.1 Å². The highest BCUT2D eigenvalue weighted by molar-refractivity contribution is 6.30. The Kier molecular flexibility index (Phi) is 5.68. The zero-order valence-electron chi connectivity index (χ0n) is 18.7. The summed E-state index contributed by atoms with van der Waals surface area (Å²) in [7, 11) is 2.11. The van der Waals surface area contributed by atoms with Gasteiger partial charge in [-0.25, -0.2) is 9.48 Å². The number of ether oxygens (including phenoxy) is 1. The quantitative estimate of drug-likeness (QED) is 0.548. The maximum absolute atomic E-state index is 13.8. The van der Waals surface area contributed by atoms with Crippen molar-refractivity contribution in [2.45, 2.75) is 26.3 Å². The summed E-state index contributed by atoms with van der Waals surface area (Å²) in [4.78, 5) is 30.5. The Morgan fingerprint density at radius 1 is 1.09 bits per heavy atom. The molecule has 170 valence electrons. The van der Waals surface area contributed by atoms with Crippen molar-refractivity contribution in [3.8, 4) is 5.69 Å². The number of carbonyl (C=O) groups excluding carboxylic acids is 2. The molecule has 0 bridgehead atoms. The van der Waals surface area contributed by atoms with Crippen LogP contribution in [-0.4, -0.2) is 53.3 Å². The Bertz CT molecular complexity index is 1250. The van der Waals surface area contributed by atoms with Crippen molar-refractivity contribution in [1.29, 1.82) is 0 Å². The minimum absolute atomic E-state index is 0.187. The summed E-state index contributed by atoms with van der Waals surface area (Å²) in [5.41, 5.74) is 5.24. The molecule has 0 fully saturated rings. The van der Waals surface area contributed by atoms with Crippen molar-refractivity contribution in [3.05, 3.63) is 75.6 Å².